The normalized spacial score (nSPS) is 12.7. The molecule has 8 nitrogen and oxygen atoms in total. The lowest BCUT2D eigenvalue weighted by Gasteiger charge is -2.28. The van der Waals surface area contributed by atoms with Gasteiger partial charge in [-0.3, -0.25) is 9.59 Å². The largest absolute Gasteiger partial charge is 0.507 e. The lowest BCUT2D eigenvalue weighted by Crippen LogP contribution is -2.31. The molecule has 0 saturated heterocycles. The predicted octanol–water partition coefficient (Wildman–Crippen LogP) is 0.678. The fraction of sp³-hybridized carbons (Fsp3) is 0.263. The van der Waals surface area contributed by atoms with E-state index in [1.165, 1.54) is 17.0 Å². The first-order valence-corrected chi connectivity index (χ1v) is 8.30. The van der Waals surface area contributed by atoms with Crippen LogP contribution in [-0.4, -0.2) is 63.4 Å². The van der Waals surface area contributed by atoms with E-state index < -0.39 is 23.1 Å². The summed E-state index contributed by atoms with van der Waals surface area (Å²) in [6.45, 7) is 0.956. The van der Waals surface area contributed by atoms with Crippen LogP contribution in [0.1, 0.15) is 37.4 Å². The van der Waals surface area contributed by atoms with Crippen LogP contribution in [0, 0.1) is 6.92 Å². The standard InChI is InChI=1S/C19H19NO7/c1-9-6-10-14(12(23)7-9)18(26)15-11(17(10)25)8-13(24)16(19(15)27)20(2-4-21)3-5-22/h6-8,21-24,27H,2-5H2,1H3. The Morgan fingerprint density at radius 1 is 0.815 bits per heavy atom. The summed E-state index contributed by atoms with van der Waals surface area (Å²) in [5.74, 6) is -2.83. The van der Waals surface area contributed by atoms with Crippen molar-refractivity contribution in [3.63, 3.8) is 0 Å². The highest BCUT2D eigenvalue weighted by atomic mass is 16.3. The van der Waals surface area contributed by atoms with Crippen LogP contribution in [0.25, 0.3) is 0 Å². The first-order chi connectivity index (χ1) is 12.8. The molecule has 0 aliphatic heterocycles. The van der Waals surface area contributed by atoms with Crippen LogP contribution in [0.4, 0.5) is 5.69 Å². The van der Waals surface area contributed by atoms with Crippen LogP contribution in [0.2, 0.25) is 0 Å². The molecule has 0 aromatic heterocycles. The second kappa shape index (κ2) is 6.90. The molecule has 0 bridgehead atoms. The number of nitrogens with zero attached hydrogens (tertiary/aromatic N) is 1. The number of benzene rings is 2. The Morgan fingerprint density at radius 2 is 1.41 bits per heavy atom. The summed E-state index contributed by atoms with van der Waals surface area (Å²) in [6.07, 6.45) is 0. The molecule has 142 valence electrons. The number of aryl methyl sites for hydroxylation is 1. The predicted molar refractivity (Wildman–Crippen MR) is 95.9 cm³/mol. The van der Waals surface area contributed by atoms with Gasteiger partial charge in [0.15, 0.2) is 11.5 Å². The lowest BCUT2D eigenvalue weighted by molar-refractivity contribution is 0.0974. The van der Waals surface area contributed by atoms with Crippen LogP contribution in [0.5, 0.6) is 17.2 Å². The second-order valence-electron chi connectivity index (χ2n) is 6.31. The second-order valence-corrected chi connectivity index (χ2v) is 6.31. The van der Waals surface area contributed by atoms with E-state index in [0.717, 1.165) is 6.07 Å². The Morgan fingerprint density at radius 3 is 2.00 bits per heavy atom. The third-order valence-corrected chi connectivity index (χ3v) is 4.52. The third-order valence-electron chi connectivity index (χ3n) is 4.52. The Balaban J connectivity index is 2.26. The first kappa shape index (κ1) is 18.7. The molecular weight excluding hydrogens is 354 g/mol. The molecule has 0 saturated carbocycles. The maximum Gasteiger partial charge on any atom is 0.202 e. The molecule has 0 amide bonds. The number of carbonyl (C=O) groups is 2. The van der Waals surface area contributed by atoms with Gasteiger partial charge in [-0.2, -0.15) is 0 Å². The molecule has 0 unspecified atom stereocenters. The summed E-state index contributed by atoms with van der Waals surface area (Å²) >= 11 is 0. The monoisotopic (exact) mass is 373 g/mol. The van der Waals surface area contributed by atoms with Crippen molar-refractivity contribution >= 4 is 17.3 Å². The molecule has 0 heterocycles. The number of rotatable bonds is 5. The number of ketones is 2. The fourth-order valence-electron chi connectivity index (χ4n) is 3.40. The number of phenols is 3. The number of anilines is 1. The van der Waals surface area contributed by atoms with Gasteiger partial charge in [-0.1, -0.05) is 0 Å². The molecule has 27 heavy (non-hydrogen) atoms. The zero-order chi connectivity index (χ0) is 19.9. The van der Waals surface area contributed by atoms with Gasteiger partial charge in [0.1, 0.15) is 17.2 Å². The van der Waals surface area contributed by atoms with Gasteiger partial charge in [0, 0.05) is 24.2 Å². The number of fused-ring (bicyclic) bond motifs is 2. The Kier molecular flexibility index (Phi) is 4.77. The molecule has 2 aromatic carbocycles. The van der Waals surface area contributed by atoms with Gasteiger partial charge in [-0.15, -0.1) is 0 Å². The van der Waals surface area contributed by atoms with E-state index in [2.05, 4.69) is 0 Å². The quantitative estimate of drug-likeness (QED) is 0.440. The van der Waals surface area contributed by atoms with Gasteiger partial charge in [0.25, 0.3) is 0 Å². The van der Waals surface area contributed by atoms with Crippen molar-refractivity contribution in [3.8, 4) is 17.2 Å². The molecule has 0 fully saturated rings. The maximum atomic E-state index is 12.9. The van der Waals surface area contributed by atoms with Gasteiger partial charge in [0.05, 0.1) is 24.3 Å². The summed E-state index contributed by atoms with van der Waals surface area (Å²) in [5, 5.41) is 49.6. The molecule has 1 aliphatic carbocycles. The van der Waals surface area contributed by atoms with Crippen molar-refractivity contribution in [3.05, 3.63) is 46.0 Å². The molecule has 0 spiro atoms. The number of aliphatic hydroxyl groups is 2. The van der Waals surface area contributed by atoms with Crippen molar-refractivity contribution in [2.75, 3.05) is 31.2 Å². The van der Waals surface area contributed by atoms with Crippen LogP contribution >= 0.6 is 0 Å². The van der Waals surface area contributed by atoms with E-state index in [0.29, 0.717) is 5.56 Å². The first-order valence-electron chi connectivity index (χ1n) is 8.30. The fourth-order valence-corrected chi connectivity index (χ4v) is 3.40. The Bertz CT molecular complexity index is 946. The van der Waals surface area contributed by atoms with E-state index in [1.54, 1.807) is 6.92 Å². The van der Waals surface area contributed by atoms with Gasteiger partial charge in [0.2, 0.25) is 5.78 Å². The molecule has 0 atom stereocenters. The SMILES string of the molecule is Cc1cc(O)c2c(c1)C(=O)c1cc(O)c(N(CCO)CCO)c(O)c1C2=O. The summed E-state index contributed by atoms with van der Waals surface area (Å²) in [6, 6.07) is 3.88. The van der Waals surface area contributed by atoms with E-state index in [4.69, 9.17) is 0 Å². The molecule has 8 heteroatoms. The van der Waals surface area contributed by atoms with Gasteiger partial charge in [-0.05, 0) is 30.7 Å². The number of hydrogen-bond donors (Lipinski definition) is 5. The minimum absolute atomic E-state index is 0.000812. The smallest absolute Gasteiger partial charge is 0.202 e. The van der Waals surface area contributed by atoms with Crippen molar-refractivity contribution < 1.29 is 35.1 Å². The number of aromatic hydroxyl groups is 3. The Hall–Kier alpha value is -3.10. The van der Waals surface area contributed by atoms with Crippen molar-refractivity contribution in [1.82, 2.24) is 0 Å². The van der Waals surface area contributed by atoms with E-state index in [-0.39, 0.29) is 60.0 Å². The van der Waals surface area contributed by atoms with Crippen LogP contribution in [0.15, 0.2) is 18.2 Å². The zero-order valence-corrected chi connectivity index (χ0v) is 14.6. The number of aliphatic hydroxyl groups excluding tert-OH is 2. The maximum absolute atomic E-state index is 12.9. The molecular formula is C19H19NO7. The molecule has 0 radical (unpaired) electrons. The van der Waals surface area contributed by atoms with E-state index in [1.807, 2.05) is 0 Å². The number of phenolic OH excluding ortho intramolecular Hbond substituents is 3. The highest BCUT2D eigenvalue weighted by Gasteiger charge is 2.37. The average Bonchev–Trinajstić information content (AvgIpc) is 2.59. The third kappa shape index (κ3) is 2.88. The highest BCUT2D eigenvalue weighted by Crippen LogP contribution is 2.46. The molecule has 3 rings (SSSR count). The minimum Gasteiger partial charge on any atom is -0.507 e. The Labute approximate surface area is 154 Å². The van der Waals surface area contributed by atoms with E-state index in [9.17, 15) is 35.1 Å². The molecule has 5 N–H and O–H groups in total. The molecule has 1 aliphatic rings. The lowest BCUT2D eigenvalue weighted by atomic mass is 9.81. The van der Waals surface area contributed by atoms with Crippen LogP contribution in [0.3, 0.4) is 0 Å². The van der Waals surface area contributed by atoms with Crippen molar-refractivity contribution in [2.24, 2.45) is 0 Å². The van der Waals surface area contributed by atoms with Crippen LogP contribution in [-0.2, 0) is 0 Å². The number of carbonyl (C=O) groups excluding carboxylic acids is 2. The van der Waals surface area contributed by atoms with Crippen molar-refractivity contribution in [2.45, 2.75) is 6.92 Å². The van der Waals surface area contributed by atoms with Gasteiger partial charge in [-0.25, -0.2) is 0 Å². The molecule has 2 aromatic rings. The van der Waals surface area contributed by atoms with Gasteiger partial charge >= 0.3 is 0 Å². The summed E-state index contributed by atoms with van der Waals surface area (Å²) in [5.41, 5.74) is -0.310. The summed E-state index contributed by atoms with van der Waals surface area (Å²) in [4.78, 5) is 27.1. The zero-order valence-electron chi connectivity index (χ0n) is 14.6. The van der Waals surface area contributed by atoms with Crippen LogP contribution < -0.4 is 4.90 Å². The number of hydrogen-bond acceptors (Lipinski definition) is 8. The minimum atomic E-state index is -0.746. The van der Waals surface area contributed by atoms with Gasteiger partial charge < -0.3 is 30.4 Å². The van der Waals surface area contributed by atoms with E-state index >= 15 is 0 Å². The van der Waals surface area contributed by atoms with Crippen molar-refractivity contribution in [1.29, 1.82) is 0 Å². The topological polar surface area (TPSA) is 139 Å². The highest BCUT2D eigenvalue weighted by molar-refractivity contribution is 6.31. The average molecular weight is 373 g/mol. The summed E-state index contributed by atoms with van der Waals surface area (Å²) < 4.78 is 0. The summed E-state index contributed by atoms with van der Waals surface area (Å²) in [7, 11) is 0.